The molecule has 2 heteroatoms. The van der Waals surface area contributed by atoms with E-state index >= 15 is 0 Å². The lowest BCUT2D eigenvalue weighted by atomic mass is 10.5. The molecule has 0 aliphatic heterocycles. The van der Waals surface area contributed by atoms with Crippen LogP contribution in [0.25, 0.3) is 0 Å². The third-order valence-corrected chi connectivity index (χ3v) is 0.856. The SMILES string of the molecule is C=CC(=C)OC(=C)NCC. The van der Waals surface area contributed by atoms with Gasteiger partial charge in [0.05, 0.1) is 0 Å². The van der Waals surface area contributed by atoms with Gasteiger partial charge in [0, 0.05) is 6.54 Å². The summed E-state index contributed by atoms with van der Waals surface area (Å²) in [6.45, 7) is 13.4. The van der Waals surface area contributed by atoms with Gasteiger partial charge in [-0.3, -0.25) is 0 Å². The molecule has 0 amide bonds. The van der Waals surface area contributed by atoms with E-state index in [1.165, 1.54) is 6.08 Å². The highest BCUT2D eigenvalue weighted by Crippen LogP contribution is 1.98. The van der Waals surface area contributed by atoms with Crippen molar-refractivity contribution in [2.75, 3.05) is 6.54 Å². The molecule has 0 aromatic heterocycles. The smallest absolute Gasteiger partial charge is 0.186 e. The summed E-state index contributed by atoms with van der Waals surface area (Å²) in [6, 6.07) is 0. The fourth-order valence-electron chi connectivity index (χ4n) is 0.433. The number of rotatable bonds is 5. The molecule has 0 saturated heterocycles. The van der Waals surface area contributed by atoms with Gasteiger partial charge in [-0.15, -0.1) is 0 Å². The van der Waals surface area contributed by atoms with Crippen LogP contribution in [0.3, 0.4) is 0 Å². The maximum atomic E-state index is 5.02. The predicted octanol–water partition coefficient (Wildman–Crippen LogP) is 1.78. The van der Waals surface area contributed by atoms with Crippen LogP contribution in [0.15, 0.2) is 37.5 Å². The Kier molecular flexibility index (Phi) is 4.12. The van der Waals surface area contributed by atoms with E-state index in [1.54, 1.807) is 0 Å². The highest BCUT2D eigenvalue weighted by atomic mass is 16.5. The minimum absolute atomic E-state index is 0.506. The zero-order valence-corrected chi connectivity index (χ0v) is 6.31. The summed E-state index contributed by atoms with van der Waals surface area (Å²) < 4.78 is 5.02. The Morgan fingerprint density at radius 2 is 2.20 bits per heavy atom. The standard InChI is InChI=1S/C8H13NO/c1-5-7(3)10-8(4)9-6-2/h5,9H,1,3-4,6H2,2H3. The van der Waals surface area contributed by atoms with E-state index in [2.05, 4.69) is 25.1 Å². The number of nitrogens with one attached hydrogen (secondary N) is 1. The van der Waals surface area contributed by atoms with Gasteiger partial charge in [-0.1, -0.05) is 13.2 Å². The fraction of sp³-hybridized carbons (Fsp3) is 0.250. The molecular formula is C8H13NO. The first-order valence-corrected chi connectivity index (χ1v) is 3.12. The summed E-state index contributed by atoms with van der Waals surface area (Å²) in [4.78, 5) is 0. The molecule has 0 atom stereocenters. The van der Waals surface area contributed by atoms with Crippen LogP contribution >= 0.6 is 0 Å². The van der Waals surface area contributed by atoms with Gasteiger partial charge >= 0.3 is 0 Å². The highest BCUT2D eigenvalue weighted by molar-refractivity contribution is 5.05. The van der Waals surface area contributed by atoms with E-state index in [-0.39, 0.29) is 0 Å². The van der Waals surface area contributed by atoms with Gasteiger partial charge in [0.2, 0.25) is 0 Å². The minimum Gasteiger partial charge on any atom is -0.443 e. The van der Waals surface area contributed by atoms with E-state index in [0.29, 0.717) is 11.6 Å². The molecule has 2 nitrogen and oxygen atoms in total. The zero-order chi connectivity index (χ0) is 7.98. The third kappa shape index (κ3) is 3.78. The van der Waals surface area contributed by atoms with E-state index < -0.39 is 0 Å². The zero-order valence-electron chi connectivity index (χ0n) is 6.31. The Morgan fingerprint density at radius 3 is 2.60 bits per heavy atom. The minimum atomic E-state index is 0.506. The van der Waals surface area contributed by atoms with E-state index in [4.69, 9.17) is 4.74 Å². The average Bonchev–Trinajstić information content (AvgIpc) is 1.88. The molecule has 0 saturated carbocycles. The van der Waals surface area contributed by atoms with Crippen molar-refractivity contribution in [1.29, 1.82) is 0 Å². The van der Waals surface area contributed by atoms with Crippen LogP contribution < -0.4 is 5.32 Å². The van der Waals surface area contributed by atoms with Gasteiger partial charge in [-0.25, -0.2) is 0 Å². The summed E-state index contributed by atoms with van der Waals surface area (Å²) in [5.74, 6) is 1.01. The second-order valence-electron chi connectivity index (χ2n) is 1.73. The van der Waals surface area contributed by atoms with Crippen molar-refractivity contribution >= 4 is 0 Å². The van der Waals surface area contributed by atoms with Gasteiger partial charge in [-0.2, -0.15) is 0 Å². The van der Waals surface area contributed by atoms with Gasteiger partial charge in [-0.05, 0) is 19.6 Å². The molecular weight excluding hydrogens is 126 g/mol. The number of allylic oxidation sites excluding steroid dienone is 1. The van der Waals surface area contributed by atoms with E-state index in [9.17, 15) is 0 Å². The van der Waals surface area contributed by atoms with Gasteiger partial charge < -0.3 is 10.1 Å². The Bertz CT molecular complexity index is 149. The lowest BCUT2D eigenvalue weighted by Gasteiger charge is -2.07. The number of ether oxygens (including phenoxy) is 1. The summed E-state index contributed by atoms with van der Waals surface area (Å²) in [6.07, 6.45) is 1.53. The molecule has 0 radical (unpaired) electrons. The average molecular weight is 139 g/mol. The maximum Gasteiger partial charge on any atom is 0.186 e. The van der Waals surface area contributed by atoms with Crippen molar-refractivity contribution in [3.05, 3.63) is 37.5 Å². The first-order chi connectivity index (χ1) is 4.70. The predicted molar refractivity (Wildman–Crippen MR) is 43.2 cm³/mol. The third-order valence-electron chi connectivity index (χ3n) is 0.856. The highest BCUT2D eigenvalue weighted by Gasteiger charge is 1.90. The van der Waals surface area contributed by atoms with Crippen molar-refractivity contribution in [3.63, 3.8) is 0 Å². The summed E-state index contributed by atoms with van der Waals surface area (Å²) >= 11 is 0. The van der Waals surface area contributed by atoms with Crippen molar-refractivity contribution in [1.82, 2.24) is 5.32 Å². The van der Waals surface area contributed by atoms with Crippen LogP contribution in [0, 0.1) is 0 Å². The van der Waals surface area contributed by atoms with Gasteiger partial charge in [0.25, 0.3) is 0 Å². The molecule has 0 spiro atoms. The molecule has 0 aromatic carbocycles. The van der Waals surface area contributed by atoms with Crippen LogP contribution in [-0.4, -0.2) is 6.54 Å². The first kappa shape index (κ1) is 8.82. The number of hydrogen-bond donors (Lipinski definition) is 1. The molecule has 0 aliphatic carbocycles. The van der Waals surface area contributed by atoms with Crippen LogP contribution in [0.5, 0.6) is 0 Å². The van der Waals surface area contributed by atoms with Crippen LogP contribution in [0.2, 0.25) is 0 Å². The largest absolute Gasteiger partial charge is 0.443 e. The first-order valence-electron chi connectivity index (χ1n) is 3.12. The van der Waals surface area contributed by atoms with Gasteiger partial charge in [0.15, 0.2) is 5.88 Å². The molecule has 56 valence electrons. The van der Waals surface area contributed by atoms with Crippen molar-refractivity contribution in [3.8, 4) is 0 Å². The molecule has 0 rings (SSSR count). The monoisotopic (exact) mass is 139 g/mol. The lowest BCUT2D eigenvalue weighted by Crippen LogP contribution is -2.12. The maximum absolute atomic E-state index is 5.02. The molecule has 0 unspecified atom stereocenters. The molecule has 0 aromatic rings. The van der Waals surface area contributed by atoms with Gasteiger partial charge in [0.1, 0.15) is 5.76 Å². The van der Waals surface area contributed by atoms with Crippen LogP contribution in [0.4, 0.5) is 0 Å². The Morgan fingerprint density at radius 1 is 1.60 bits per heavy atom. The topological polar surface area (TPSA) is 21.3 Å². The Hall–Kier alpha value is -1.18. The number of hydrogen-bond acceptors (Lipinski definition) is 2. The normalized spacial score (nSPS) is 8.10. The lowest BCUT2D eigenvalue weighted by molar-refractivity contribution is 0.294. The quantitative estimate of drug-likeness (QED) is 0.463. The van der Waals surface area contributed by atoms with Crippen LogP contribution in [0.1, 0.15) is 6.92 Å². The van der Waals surface area contributed by atoms with Crippen molar-refractivity contribution in [2.45, 2.75) is 6.92 Å². The Labute approximate surface area is 61.9 Å². The molecule has 10 heavy (non-hydrogen) atoms. The van der Waals surface area contributed by atoms with Crippen molar-refractivity contribution in [2.24, 2.45) is 0 Å². The van der Waals surface area contributed by atoms with Crippen LogP contribution in [-0.2, 0) is 4.74 Å². The van der Waals surface area contributed by atoms with E-state index in [0.717, 1.165) is 6.54 Å². The Balaban J connectivity index is 3.57. The fourth-order valence-corrected chi connectivity index (χ4v) is 0.433. The molecule has 0 bridgehead atoms. The molecule has 1 N–H and O–H groups in total. The summed E-state index contributed by atoms with van der Waals surface area (Å²) in [5.41, 5.74) is 0. The second kappa shape index (κ2) is 4.68. The second-order valence-corrected chi connectivity index (χ2v) is 1.73. The van der Waals surface area contributed by atoms with E-state index in [1.807, 2.05) is 6.92 Å². The molecule has 0 fully saturated rings. The van der Waals surface area contributed by atoms with Crippen molar-refractivity contribution < 1.29 is 4.74 Å². The molecule has 0 aliphatic rings. The molecule has 0 heterocycles. The summed E-state index contributed by atoms with van der Waals surface area (Å²) in [5, 5.41) is 2.89. The summed E-state index contributed by atoms with van der Waals surface area (Å²) in [7, 11) is 0.